The maximum absolute atomic E-state index is 12.5. The SMILES string of the molecule is Nc1ccccc1NC(=O)CCCCCC(=O)NCc1ccc([C@H]2O[C@@H](CSc3ccccc3)C[C@@H](c3ccc(CO)cc3)O2)cc1. The molecule has 0 radical (unpaired) electrons. The number of thioether (sulfide) groups is 1. The van der Waals surface area contributed by atoms with E-state index < -0.39 is 6.29 Å². The maximum atomic E-state index is 12.5. The van der Waals surface area contributed by atoms with Crippen LogP contribution >= 0.6 is 11.8 Å². The van der Waals surface area contributed by atoms with Crippen molar-refractivity contribution in [1.29, 1.82) is 0 Å². The van der Waals surface area contributed by atoms with Crippen LogP contribution in [0.2, 0.25) is 0 Å². The second kappa shape index (κ2) is 17.7. The number of unbranched alkanes of at least 4 members (excludes halogenated alkanes) is 2. The Morgan fingerprint density at radius 1 is 0.766 bits per heavy atom. The van der Waals surface area contributed by atoms with Gasteiger partial charge in [0.2, 0.25) is 11.8 Å². The summed E-state index contributed by atoms with van der Waals surface area (Å²) < 4.78 is 12.9. The van der Waals surface area contributed by atoms with E-state index >= 15 is 0 Å². The van der Waals surface area contributed by atoms with Gasteiger partial charge in [-0.05, 0) is 53.8 Å². The zero-order chi connectivity index (χ0) is 32.8. The van der Waals surface area contributed by atoms with Gasteiger partial charge in [-0.3, -0.25) is 9.59 Å². The fourth-order valence-corrected chi connectivity index (χ4v) is 6.32. The summed E-state index contributed by atoms with van der Waals surface area (Å²) in [5, 5.41) is 15.3. The van der Waals surface area contributed by atoms with Gasteiger partial charge in [-0.2, -0.15) is 0 Å². The monoisotopic (exact) mass is 653 g/mol. The number of para-hydroxylation sites is 2. The molecule has 5 rings (SSSR count). The molecule has 5 N–H and O–H groups in total. The van der Waals surface area contributed by atoms with E-state index in [0.29, 0.717) is 37.2 Å². The molecule has 8 nitrogen and oxygen atoms in total. The van der Waals surface area contributed by atoms with Crippen molar-refractivity contribution in [2.45, 2.75) is 75.1 Å². The van der Waals surface area contributed by atoms with E-state index in [4.69, 9.17) is 15.2 Å². The van der Waals surface area contributed by atoms with E-state index in [0.717, 1.165) is 47.3 Å². The lowest BCUT2D eigenvalue weighted by molar-refractivity contribution is -0.245. The minimum absolute atomic E-state index is 0.00684. The summed E-state index contributed by atoms with van der Waals surface area (Å²) in [6.07, 6.45) is 3.07. The second-order valence-corrected chi connectivity index (χ2v) is 12.8. The van der Waals surface area contributed by atoms with Gasteiger partial charge < -0.3 is 30.9 Å². The van der Waals surface area contributed by atoms with Crippen molar-refractivity contribution < 1.29 is 24.2 Å². The summed E-state index contributed by atoms with van der Waals surface area (Å²) in [6, 6.07) is 33.4. The van der Waals surface area contributed by atoms with Crippen LogP contribution in [0.4, 0.5) is 11.4 Å². The summed E-state index contributed by atoms with van der Waals surface area (Å²) in [7, 11) is 0. The smallest absolute Gasteiger partial charge is 0.224 e. The van der Waals surface area contributed by atoms with Crippen molar-refractivity contribution in [1.82, 2.24) is 5.32 Å². The van der Waals surface area contributed by atoms with Crippen LogP contribution in [-0.4, -0.2) is 28.8 Å². The van der Waals surface area contributed by atoms with Crippen molar-refractivity contribution in [3.8, 4) is 0 Å². The standard InChI is InChI=1S/C38H43N3O5S/c39-33-11-7-8-12-34(33)41-37(44)14-6-2-5-13-36(43)40-24-27-15-21-30(22-16-27)38-45-31(26-47-32-9-3-1-4-10-32)23-35(46-38)29-19-17-28(25-42)18-20-29/h1,3-4,7-12,15-22,31,35,38,42H,2,5-6,13-14,23-26,39H2,(H,40,43)(H,41,44)/t31-,35+,38+/m1/s1. The molecular formula is C38H43N3O5S. The van der Waals surface area contributed by atoms with Gasteiger partial charge in [-0.15, -0.1) is 11.8 Å². The molecule has 0 saturated carbocycles. The topological polar surface area (TPSA) is 123 Å². The van der Waals surface area contributed by atoms with Crippen LogP contribution < -0.4 is 16.4 Å². The number of carbonyl (C=O) groups is 2. The molecule has 1 heterocycles. The number of nitrogens with one attached hydrogen (secondary N) is 2. The highest BCUT2D eigenvalue weighted by molar-refractivity contribution is 7.99. The molecule has 1 aliphatic rings. The molecule has 1 saturated heterocycles. The van der Waals surface area contributed by atoms with Crippen LogP contribution in [0.5, 0.6) is 0 Å². The summed E-state index contributed by atoms with van der Waals surface area (Å²) in [5.41, 5.74) is 10.9. The maximum Gasteiger partial charge on any atom is 0.224 e. The van der Waals surface area contributed by atoms with Gasteiger partial charge in [-0.25, -0.2) is 0 Å². The Balaban J connectivity index is 1.08. The van der Waals surface area contributed by atoms with Crippen LogP contribution in [0.15, 0.2) is 108 Å². The Bertz CT molecular complexity index is 1570. The van der Waals surface area contributed by atoms with Crippen LogP contribution in [0, 0.1) is 0 Å². The van der Waals surface area contributed by atoms with Gasteiger partial charge >= 0.3 is 0 Å². The van der Waals surface area contributed by atoms with Gasteiger partial charge in [0.05, 0.1) is 30.2 Å². The molecule has 0 unspecified atom stereocenters. The number of nitrogens with two attached hydrogens (primary N) is 1. The lowest BCUT2D eigenvalue weighted by Crippen LogP contribution is -2.31. The Hall–Kier alpha value is -4.15. The molecule has 2 amide bonds. The fraction of sp³-hybridized carbons (Fsp3) is 0.316. The molecule has 1 aliphatic heterocycles. The number of hydrogen-bond acceptors (Lipinski definition) is 7. The highest BCUT2D eigenvalue weighted by atomic mass is 32.2. The predicted molar refractivity (Wildman–Crippen MR) is 186 cm³/mol. The largest absolute Gasteiger partial charge is 0.397 e. The number of aliphatic hydroxyl groups is 1. The molecule has 246 valence electrons. The summed E-state index contributed by atoms with van der Waals surface area (Å²) >= 11 is 1.77. The fourth-order valence-electron chi connectivity index (χ4n) is 5.38. The molecule has 3 atom stereocenters. The molecule has 0 aromatic heterocycles. The van der Waals surface area contributed by atoms with Crippen LogP contribution in [0.1, 0.15) is 73.2 Å². The van der Waals surface area contributed by atoms with Gasteiger partial charge in [0.25, 0.3) is 0 Å². The molecule has 0 spiro atoms. The third-order valence-electron chi connectivity index (χ3n) is 8.08. The van der Waals surface area contributed by atoms with Crippen molar-refractivity contribution in [3.05, 3.63) is 125 Å². The first-order valence-corrected chi connectivity index (χ1v) is 17.1. The van der Waals surface area contributed by atoms with Gasteiger partial charge in [0.1, 0.15) is 0 Å². The third kappa shape index (κ3) is 10.7. The van der Waals surface area contributed by atoms with E-state index in [2.05, 4.69) is 22.8 Å². The normalized spacial score (nSPS) is 17.6. The molecule has 0 bridgehead atoms. The zero-order valence-corrected chi connectivity index (χ0v) is 27.3. The summed E-state index contributed by atoms with van der Waals surface area (Å²) in [4.78, 5) is 25.8. The van der Waals surface area contributed by atoms with E-state index in [1.54, 1.807) is 23.9 Å². The lowest BCUT2D eigenvalue weighted by atomic mass is 10.0. The van der Waals surface area contributed by atoms with Crippen molar-refractivity contribution in [3.63, 3.8) is 0 Å². The number of amides is 2. The number of benzene rings is 4. The molecule has 47 heavy (non-hydrogen) atoms. The average molecular weight is 654 g/mol. The van der Waals surface area contributed by atoms with E-state index in [-0.39, 0.29) is 30.6 Å². The number of hydrogen-bond donors (Lipinski definition) is 4. The number of nitrogen functional groups attached to an aromatic ring is 1. The molecule has 4 aromatic carbocycles. The molecule has 0 aliphatic carbocycles. The van der Waals surface area contributed by atoms with E-state index in [1.807, 2.05) is 78.9 Å². The quantitative estimate of drug-likeness (QED) is 0.0603. The van der Waals surface area contributed by atoms with Crippen LogP contribution in [0.25, 0.3) is 0 Å². The highest BCUT2D eigenvalue weighted by Gasteiger charge is 2.32. The van der Waals surface area contributed by atoms with E-state index in [1.165, 1.54) is 4.90 Å². The molecule has 9 heteroatoms. The number of rotatable bonds is 15. The Morgan fingerprint density at radius 3 is 2.15 bits per heavy atom. The van der Waals surface area contributed by atoms with Gasteiger partial charge in [0, 0.05) is 42.0 Å². The van der Waals surface area contributed by atoms with Gasteiger partial charge in [-0.1, -0.05) is 85.3 Å². The Morgan fingerprint density at radius 2 is 1.43 bits per heavy atom. The zero-order valence-electron chi connectivity index (χ0n) is 26.5. The second-order valence-electron chi connectivity index (χ2n) is 11.7. The van der Waals surface area contributed by atoms with Crippen LogP contribution in [-0.2, 0) is 32.2 Å². The first-order valence-electron chi connectivity index (χ1n) is 16.1. The molecule has 4 aromatic rings. The number of ether oxygens (including phenoxy) is 2. The summed E-state index contributed by atoms with van der Waals surface area (Å²) in [6.45, 7) is 0.440. The Labute approximate surface area is 281 Å². The first kappa shape index (κ1) is 34.2. The van der Waals surface area contributed by atoms with Crippen molar-refractivity contribution >= 4 is 35.0 Å². The molecule has 1 fully saturated rings. The number of aliphatic hydroxyl groups excluding tert-OH is 1. The molecular weight excluding hydrogens is 611 g/mol. The van der Waals surface area contributed by atoms with Crippen LogP contribution in [0.3, 0.4) is 0 Å². The Kier molecular flexibility index (Phi) is 12.9. The minimum Gasteiger partial charge on any atom is -0.397 e. The number of anilines is 2. The average Bonchev–Trinajstić information content (AvgIpc) is 3.11. The first-order chi connectivity index (χ1) is 23.0. The van der Waals surface area contributed by atoms with Gasteiger partial charge in [0.15, 0.2) is 6.29 Å². The minimum atomic E-state index is -0.525. The summed E-state index contributed by atoms with van der Waals surface area (Å²) in [5.74, 6) is 0.715. The third-order valence-corrected chi connectivity index (χ3v) is 9.22. The van der Waals surface area contributed by atoms with Crippen molar-refractivity contribution in [2.24, 2.45) is 0 Å². The van der Waals surface area contributed by atoms with Crippen molar-refractivity contribution in [2.75, 3.05) is 16.8 Å². The highest BCUT2D eigenvalue weighted by Crippen LogP contribution is 2.39. The predicted octanol–water partition coefficient (Wildman–Crippen LogP) is 7.30. The van der Waals surface area contributed by atoms with E-state index in [9.17, 15) is 14.7 Å². The number of carbonyl (C=O) groups excluding carboxylic acids is 2. The lowest BCUT2D eigenvalue weighted by Gasteiger charge is -2.36.